The highest BCUT2D eigenvalue weighted by Gasteiger charge is 2.21. The van der Waals surface area contributed by atoms with E-state index in [1.54, 1.807) is 13.4 Å². The lowest BCUT2D eigenvalue weighted by Crippen LogP contribution is -2.52. The van der Waals surface area contributed by atoms with Gasteiger partial charge in [-0.3, -0.25) is 0 Å². The number of piperazine rings is 1. The summed E-state index contributed by atoms with van der Waals surface area (Å²) in [7, 11) is 1.72. The highest BCUT2D eigenvalue weighted by atomic mass is 16.5. The minimum absolute atomic E-state index is 0.519. The maximum absolute atomic E-state index is 5.48. The molecule has 3 rings (SSSR count). The van der Waals surface area contributed by atoms with Crippen LogP contribution in [0.1, 0.15) is 12.6 Å². The van der Waals surface area contributed by atoms with E-state index < -0.39 is 0 Å². The van der Waals surface area contributed by atoms with Crippen molar-refractivity contribution < 1.29 is 9.26 Å². The number of rotatable bonds is 5. The first-order valence-electron chi connectivity index (χ1n) is 8.62. The Morgan fingerprint density at radius 2 is 2.04 bits per heavy atom. The molecule has 0 amide bonds. The third kappa shape index (κ3) is 4.23. The summed E-state index contributed by atoms with van der Waals surface area (Å²) in [4.78, 5) is 9.32. The fraction of sp³-hybridized carbons (Fsp3) is 0.444. The average molecular weight is 343 g/mol. The molecule has 1 saturated heterocycles. The van der Waals surface area contributed by atoms with Gasteiger partial charge in [0.25, 0.3) is 0 Å². The Morgan fingerprint density at radius 1 is 1.24 bits per heavy atom. The Morgan fingerprint density at radius 3 is 2.72 bits per heavy atom. The number of para-hydroxylation sites is 2. The topological polar surface area (TPSA) is 66.1 Å². The molecule has 2 aromatic rings. The molecule has 1 aromatic heterocycles. The molecule has 0 atom stereocenters. The number of guanidine groups is 1. The van der Waals surface area contributed by atoms with Crippen LogP contribution in [0, 0.1) is 0 Å². The van der Waals surface area contributed by atoms with E-state index in [1.165, 1.54) is 0 Å². The van der Waals surface area contributed by atoms with Crippen LogP contribution in [0.2, 0.25) is 0 Å². The molecular weight excluding hydrogens is 318 g/mol. The van der Waals surface area contributed by atoms with E-state index in [-0.39, 0.29) is 0 Å². The predicted octanol–water partition coefficient (Wildman–Crippen LogP) is 1.97. The van der Waals surface area contributed by atoms with Crippen molar-refractivity contribution in [1.82, 2.24) is 15.4 Å². The maximum Gasteiger partial charge on any atom is 0.194 e. The molecular formula is C18H25N5O2. The van der Waals surface area contributed by atoms with Crippen LogP contribution in [0.4, 0.5) is 5.69 Å². The first-order valence-corrected chi connectivity index (χ1v) is 8.62. The lowest BCUT2D eigenvalue weighted by Gasteiger charge is -2.38. The second-order valence-electron chi connectivity index (χ2n) is 5.81. The number of benzene rings is 1. The molecule has 1 fully saturated rings. The van der Waals surface area contributed by atoms with Crippen LogP contribution in [0.3, 0.4) is 0 Å². The minimum atomic E-state index is 0.519. The monoisotopic (exact) mass is 343 g/mol. The summed E-state index contributed by atoms with van der Waals surface area (Å²) >= 11 is 0. The fourth-order valence-corrected chi connectivity index (χ4v) is 2.95. The van der Waals surface area contributed by atoms with E-state index >= 15 is 0 Å². The van der Waals surface area contributed by atoms with E-state index in [9.17, 15) is 0 Å². The molecule has 1 N–H and O–H groups in total. The van der Waals surface area contributed by atoms with Crippen molar-refractivity contribution in [3.8, 4) is 5.75 Å². The van der Waals surface area contributed by atoms with Crippen LogP contribution in [0.25, 0.3) is 0 Å². The summed E-state index contributed by atoms with van der Waals surface area (Å²) in [6.45, 7) is 7.10. The van der Waals surface area contributed by atoms with Crippen LogP contribution in [-0.2, 0) is 6.54 Å². The van der Waals surface area contributed by atoms with Crippen molar-refractivity contribution in [1.29, 1.82) is 0 Å². The SMILES string of the molecule is CCNC(=NCc1ccon1)N1CCN(c2ccccc2OC)CC1. The van der Waals surface area contributed by atoms with E-state index in [1.807, 2.05) is 24.3 Å². The average Bonchev–Trinajstić information content (AvgIpc) is 3.19. The maximum atomic E-state index is 5.48. The van der Waals surface area contributed by atoms with Gasteiger partial charge in [-0.2, -0.15) is 0 Å². The van der Waals surface area contributed by atoms with Gasteiger partial charge < -0.3 is 24.4 Å². The first-order chi connectivity index (χ1) is 12.3. The van der Waals surface area contributed by atoms with Crippen LogP contribution in [-0.4, -0.2) is 55.8 Å². The smallest absolute Gasteiger partial charge is 0.194 e. The number of nitrogens with zero attached hydrogens (tertiary/aromatic N) is 4. The van der Waals surface area contributed by atoms with Gasteiger partial charge in [-0.1, -0.05) is 17.3 Å². The predicted molar refractivity (Wildman–Crippen MR) is 98.1 cm³/mol. The van der Waals surface area contributed by atoms with E-state index in [4.69, 9.17) is 9.26 Å². The van der Waals surface area contributed by atoms with Gasteiger partial charge in [0.2, 0.25) is 0 Å². The normalized spacial score (nSPS) is 15.4. The Kier molecular flexibility index (Phi) is 5.77. The number of ether oxygens (including phenoxy) is 1. The molecule has 1 aliphatic rings. The third-order valence-electron chi connectivity index (χ3n) is 4.22. The highest BCUT2D eigenvalue weighted by Crippen LogP contribution is 2.28. The van der Waals surface area contributed by atoms with Gasteiger partial charge in [0.15, 0.2) is 5.96 Å². The molecule has 1 aliphatic heterocycles. The molecule has 0 unspecified atom stereocenters. The fourth-order valence-electron chi connectivity index (χ4n) is 2.95. The summed E-state index contributed by atoms with van der Waals surface area (Å²) in [5.41, 5.74) is 1.98. The molecule has 25 heavy (non-hydrogen) atoms. The van der Waals surface area contributed by atoms with Gasteiger partial charge in [0, 0.05) is 38.8 Å². The van der Waals surface area contributed by atoms with Crippen molar-refractivity contribution in [2.45, 2.75) is 13.5 Å². The Balaban J connectivity index is 1.63. The summed E-state index contributed by atoms with van der Waals surface area (Å²) in [5, 5.41) is 7.28. The van der Waals surface area contributed by atoms with Crippen molar-refractivity contribution in [3.05, 3.63) is 42.3 Å². The van der Waals surface area contributed by atoms with Crippen LogP contribution in [0.5, 0.6) is 5.75 Å². The lowest BCUT2D eigenvalue weighted by molar-refractivity contribution is 0.366. The second-order valence-corrected chi connectivity index (χ2v) is 5.81. The molecule has 7 nitrogen and oxygen atoms in total. The van der Waals surface area contributed by atoms with Gasteiger partial charge in [0.05, 0.1) is 19.3 Å². The quantitative estimate of drug-likeness (QED) is 0.661. The molecule has 0 spiro atoms. The van der Waals surface area contributed by atoms with Crippen molar-refractivity contribution in [2.24, 2.45) is 4.99 Å². The minimum Gasteiger partial charge on any atom is -0.495 e. The van der Waals surface area contributed by atoms with Crippen LogP contribution >= 0.6 is 0 Å². The Hall–Kier alpha value is -2.70. The van der Waals surface area contributed by atoms with Crippen molar-refractivity contribution >= 4 is 11.6 Å². The number of hydrogen-bond donors (Lipinski definition) is 1. The lowest BCUT2D eigenvalue weighted by atomic mass is 10.2. The number of aliphatic imine (C=N–C) groups is 1. The van der Waals surface area contributed by atoms with Crippen LogP contribution in [0.15, 0.2) is 46.1 Å². The molecule has 0 saturated carbocycles. The third-order valence-corrected chi connectivity index (χ3v) is 4.22. The molecule has 134 valence electrons. The summed E-state index contributed by atoms with van der Waals surface area (Å²) < 4.78 is 10.3. The van der Waals surface area contributed by atoms with Gasteiger partial charge in [-0.25, -0.2) is 4.99 Å². The van der Waals surface area contributed by atoms with Gasteiger partial charge in [-0.15, -0.1) is 0 Å². The molecule has 1 aromatic carbocycles. The van der Waals surface area contributed by atoms with Gasteiger partial charge in [0.1, 0.15) is 17.7 Å². The number of methoxy groups -OCH3 is 1. The zero-order valence-electron chi connectivity index (χ0n) is 14.8. The van der Waals surface area contributed by atoms with Gasteiger partial charge in [-0.05, 0) is 19.1 Å². The van der Waals surface area contributed by atoms with Crippen molar-refractivity contribution in [3.63, 3.8) is 0 Å². The molecule has 0 radical (unpaired) electrons. The summed E-state index contributed by atoms with van der Waals surface area (Å²) in [5.74, 6) is 1.84. The number of aromatic nitrogens is 1. The molecule has 7 heteroatoms. The summed E-state index contributed by atoms with van der Waals surface area (Å²) in [6.07, 6.45) is 1.57. The van der Waals surface area contributed by atoms with E-state index in [0.29, 0.717) is 6.54 Å². The number of nitrogens with one attached hydrogen (secondary N) is 1. The second kappa shape index (κ2) is 8.41. The molecule has 2 heterocycles. The summed E-state index contributed by atoms with van der Waals surface area (Å²) in [6, 6.07) is 10.0. The first kappa shape index (κ1) is 17.1. The van der Waals surface area contributed by atoms with Gasteiger partial charge >= 0.3 is 0 Å². The zero-order valence-corrected chi connectivity index (χ0v) is 14.8. The zero-order chi connectivity index (χ0) is 17.5. The van der Waals surface area contributed by atoms with E-state index in [0.717, 1.165) is 55.8 Å². The number of anilines is 1. The van der Waals surface area contributed by atoms with E-state index in [2.05, 4.69) is 38.3 Å². The Labute approximate surface area is 148 Å². The molecule has 0 bridgehead atoms. The molecule has 0 aliphatic carbocycles. The standard InChI is InChI=1S/C18H25N5O2/c1-3-19-18(20-14-15-8-13-25-21-15)23-11-9-22(10-12-23)16-6-4-5-7-17(16)24-2/h4-8,13H,3,9-12,14H2,1-2H3,(H,19,20). The Bertz CT molecular complexity index is 679. The van der Waals surface area contributed by atoms with Crippen LogP contribution < -0.4 is 15.0 Å². The van der Waals surface area contributed by atoms with Crippen molar-refractivity contribution in [2.75, 3.05) is 44.7 Å². The largest absolute Gasteiger partial charge is 0.495 e. The highest BCUT2D eigenvalue weighted by molar-refractivity contribution is 5.80. The number of hydrogen-bond acceptors (Lipinski definition) is 5.